The maximum absolute atomic E-state index is 13.1. The van der Waals surface area contributed by atoms with E-state index in [1.54, 1.807) is 13.8 Å². The Bertz CT molecular complexity index is 1630. The molecule has 3 aromatic rings. The van der Waals surface area contributed by atoms with Gasteiger partial charge in [-0.25, -0.2) is 14.6 Å². The molecule has 2 atom stereocenters. The maximum atomic E-state index is 13.1. The fraction of sp³-hybridized carbons (Fsp3) is 0.462. The molecule has 2 N–H and O–H groups in total. The van der Waals surface area contributed by atoms with Crippen molar-refractivity contribution in [3.8, 4) is 34.0 Å². The third kappa shape index (κ3) is 8.75. The van der Waals surface area contributed by atoms with Crippen LogP contribution in [0.3, 0.4) is 0 Å². The van der Waals surface area contributed by atoms with E-state index in [-0.39, 0.29) is 0 Å². The van der Waals surface area contributed by atoms with Crippen molar-refractivity contribution in [2.45, 2.75) is 64.5 Å². The van der Waals surface area contributed by atoms with Crippen molar-refractivity contribution in [2.75, 3.05) is 74.0 Å². The lowest BCUT2D eigenvalue weighted by Crippen LogP contribution is -2.37. The first kappa shape index (κ1) is 37.9. The number of hydrogen-bond acceptors (Lipinski definition) is 11. The number of hydrogen-bond donors (Lipinski definition) is 2. The topological polar surface area (TPSA) is 137 Å². The number of aromatic nitrogens is 1. The molecule has 0 unspecified atom stereocenters. The number of amides is 2. The lowest BCUT2D eigenvalue weighted by atomic mass is 10.0. The number of ether oxygens (including phenoxy) is 2. The number of esters is 2. The Morgan fingerprint density at radius 1 is 0.673 bits per heavy atom. The number of anilines is 4. The summed E-state index contributed by atoms with van der Waals surface area (Å²) >= 11 is 0. The molecule has 2 aliphatic rings. The molecular formula is C39H51N7O6. The average Bonchev–Trinajstić information content (AvgIpc) is 3.15. The summed E-state index contributed by atoms with van der Waals surface area (Å²) in [5, 5.41) is 4.98. The van der Waals surface area contributed by atoms with Gasteiger partial charge in [-0.3, -0.25) is 9.59 Å². The molecule has 3 heterocycles. The first-order valence-electron chi connectivity index (χ1n) is 18.0. The van der Waals surface area contributed by atoms with Crippen LogP contribution in [0.1, 0.15) is 52.4 Å². The minimum absolute atomic E-state index is 0.445. The summed E-state index contributed by atoms with van der Waals surface area (Å²) in [6, 6.07) is 12.3. The monoisotopic (exact) mass is 713 g/mol. The summed E-state index contributed by atoms with van der Waals surface area (Å²) < 4.78 is 12.1. The van der Waals surface area contributed by atoms with Crippen molar-refractivity contribution in [2.24, 2.45) is 0 Å². The van der Waals surface area contributed by atoms with Crippen molar-refractivity contribution in [3.05, 3.63) is 42.5 Å². The van der Waals surface area contributed by atoms with Gasteiger partial charge in [0.15, 0.2) is 11.5 Å². The summed E-state index contributed by atoms with van der Waals surface area (Å²) in [4.78, 5) is 61.8. The van der Waals surface area contributed by atoms with Gasteiger partial charge in [0.25, 0.3) is 0 Å². The number of nitrogens with one attached hydrogen (secondary N) is 2. The summed E-state index contributed by atoms with van der Waals surface area (Å²) in [5.74, 6) is -0.209. The molecule has 278 valence electrons. The Hall–Kier alpha value is -5.33. The number of carbonyl (C=O) groups excluding carboxylic acids is 4. The first-order valence-corrected chi connectivity index (χ1v) is 18.0. The van der Waals surface area contributed by atoms with Crippen molar-refractivity contribution in [1.29, 1.82) is 0 Å². The Balaban J connectivity index is 1.62. The number of benzene rings is 2. The quantitative estimate of drug-likeness (QED) is 0.138. The van der Waals surface area contributed by atoms with Gasteiger partial charge in [0, 0.05) is 65.5 Å². The van der Waals surface area contributed by atoms with E-state index >= 15 is 0 Å². The fourth-order valence-corrected chi connectivity index (χ4v) is 6.58. The van der Waals surface area contributed by atoms with Crippen LogP contribution in [-0.2, 0) is 19.2 Å². The van der Waals surface area contributed by atoms with Crippen LogP contribution in [0.15, 0.2) is 42.5 Å². The van der Waals surface area contributed by atoms with E-state index in [1.807, 2.05) is 80.5 Å². The third-order valence-corrected chi connectivity index (χ3v) is 9.55. The van der Waals surface area contributed by atoms with E-state index in [4.69, 9.17) is 14.5 Å². The van der Waals surface area contributed by atoms with Crippen molar-refractivity contribution in [1.82, 2.24) is 15.6 Å². The predicted molar refractivity (Wildman–Crippen MR) is 204 cm³/mol. The second kappa shape index (κ2) is 17.3. The van der Waals surface area contributed by atoms with Gasteiger partial charge in [0.2, 0.25) is 12.8 Å². The highest BCUT2D eigenvalue weighted by Gasteiger charge is 2.28. The molecule has 2 saturated heterocycles. The van der Waals surface area contributed by atoms with Gasteiger partial charge in [-0.1, -0.05) is 6.07 Å². The molecule has 2 amide bonds. The van der Waals surface area contributed by atoms with Crippen LogP contribution in [0.2, 0.25) is 0 Å². The van der Waals surface area contributed by atoms with Crippen molar-refractivity contribution in [3.63, 3.8) is 0 Å². The van der Waals surface area contributed by atoms with Crippen molar-refractivity contribution < 1.29 is 28.7 Å². The highest BCUT2D eigenvalue weighted by atomic mass is 16.5. The molecule has 1 aromatic heterocycles. The molecule has 2 aliphatic heterocycles. The summed E-state index contributed by atoms with van der Waals surface area (Å²) in [6.07, 6.45) is 7.37. The zero-order valence-corrected chi connectivity index (χ0v) is 31.1. The number of carbonyl (C=O) groups is 4. The molecule has 52 heavy (non-hydrogen) atoms. The lowest BCUT2D eigenvalue weighted by Gasteiger charge is -2.32. The molecule has 5 rings (SSSR count). The second-order valence-corrected chi connectivity index (χ2v) is 13.8. The standard InChI is InChI=1S/C39H51N7O6/c1-26(40-24-47)38(49)51-36-32(43(3)4)20-28(22-34(36)45-16-9-7-10-17-45)30-14-13-15-31(42-30)29-21-33(44(5)6)37(52-39(50)27(2)41-25-48)35(23-29)46-18-11-8-12-19-46/h13-15,20-27H,7-12,16-19H2,1-6H3,(H,40,47)(H,41,48)/t26-,27-/m1/s1. The van der Waals surface area contributed by atoms with Gasteiger partial charge >= 0.3 is 11.9 Å². The molecule has 2 aromatic carbocycles. The molecule has 13 nitrogen and oxygen atoms in total. The van der Waals surface area contributed by atoms with Crippen LogP contribution in [0.25, 0.3) is 22.5 Å². The smallest absolute Gasteiger partial charge is 0.333 e. The Kier molecular flexibility index (Phi) is 12.6. The van der Waals surface area contributed by atoms with Crippen LogP contribution >= 0.6 is 0 Å². The summed E-state index contributed by atoms with van der Waals surface area (Å²) in [6.45, 7) is 6.48. The van der Waals surface area contributed by atoms with E-state index in [9.17, 15) is 19.2 Å². The van der Waals surface area contributed by atoms with Gasteiger partial charge in [-0.05, 0) is 88.8 Å². The van der Waals surface area contributed by atoms with Gasteiger partial charge < -0.3 is 39.7 Å². The zero-order valence-electron chi connectivity index (χ0n) is 31.1. The van der Waals surface area contributed by atoms with Crippen LogP contribution in [0, 0.1) is 0 Å². The second-order valence-electron chi connectivity index (χ2n) is 13.8. The minimum atomic E-state index is -0.812. The Morgan fingerprint density at radius 2 is 1.06 bits per heavy atom. The number of pyridine rings is 1. The maximum Gasteiger partial charge on any atom is 0.333 e. The molecule has 0 saturated carbocycles. The van der Waals surface area contributed by atoms with E-state index < -0.39 is 24.0 Å². The molecule has 0 bridgehead atoms. The van der Waals surface area contributed by atoms with E-state index in [1.165, 1.54) is 0 Å². The number of piperidine rings is 2. The largest absolute Gasteiger partial charge is 0.421 e. The molecule has 0 aliphatic carbocycles. The summed E-state index contributed by atoms with van der Waals surface area (Å²) in [7, 11) is 7.62. The Labute approximate surface area is 306 Å². The molecule has 13 heteroatoms. The third-order valence-electron chi connectivity index (χ3n) is 9.55. The zero-order chi connectivity index (χ0) is 37.4. The van der Waals surface area contributed by atoms with Crippen LogP contribution in [-0.4, -0.2) is 96.2 Å². The minimum Gasteiger partial charge on any atom is -0.421 e. The van der Waals surface area contributed by atoms with Crippen molar-refractivity contribution >= 4 is 47.5 Å². The molecule has 0 radical (unpaired) electrons. The first-order chi connectivity index (χ1) is 25.0. The molecule has 0 spiro atoms. The fourth-order valence-electron chi connectivity index (χ4n) is 6.58. The Morgan fingerprint density at radius 3 is 1.40 bits per heavy atom. The van der Waals surface area contributed by atoms with Gasteiger partial charge in [-0.2, -0.15) is 0 Å². The highest BCUT2D eigenvalue weighted by Crippen LogP contribution is 2.45. The predicted octanol–water partition coefficient (Wildman–Crippen LogP) is 4.61. The average molecular weight is 714 g/mol. The molecule has 2 fully saturated rings. The number of rotatable bonds is 14. The van der Waals surface area contributed by atoms with E-state index in [0.717, 1.165) is 98.6 Å². The van der Waals surface area contributed by atoms with Crippen LogP contribution in [0.4, 0.5) is 22.7 Å². The lowest BCUT2D eigenvalue weighted by molar-refractivity contribution is -0.137. The van der Waals surface area contributed by atoms with E-state index in [2.05, 4.69) is 20.4 Å². The van der Waals surface area contributed by atoms with Crippen LogP contribution < -0.4 is 39.7 Å². The summed E-state index contributed by atoms with van der Waals surface area (Å²) in [5.41, 5.74) is 6.21. The van der Waals surface area contributed by atoms with E-state index in [0.29, 0.717) is 35.7 Å². The highest BCUT2D eigenvalue weighted by molar-refractivity contribution is 5.89. The number of nitrogens with zero attached hydrogens (tertiary/aromatic N) is 5. The SMILES string of the molecule is C[C@@H](NC=O)C(=O)Oc1c(N(C)C)cc(-c2cccc(-c3cc(N(C)C)c(OC(=O)[C@@H](C)NC=O)c(N4CCCCC4)c3)n2)cc1N1CCCCC1. The van der Waals surface area contributed by atoms with Crippen LogP contribution in [0.5, 0.6) is 11.5 Å². The molecular weight excluding hydrogens is 662 g/mol. The van der Waals surface area contributed by atoms with Gasteiger partial charge in [0.05, 0.1) is 34.1 Å². The van der Waals surface area contributed by atoms with Gasteiger partial charge in [-0.15, -0.1) is 0 Å². The normalized spacial score (nSPS) is 15.6. The van der Waals surface area contributed by atoms with Gasteiger partial charge in [0.1, 0.15) is 12.1 Å².